The normalized spacial score (nSPS) is 11.3. The first-order valence-corrected chi connectivity index (χ1v) is 6.68. The van der Waals surface area contributed by atoms with Crippen LogP contribution in [-0.4, -0.2) is 16.0 Å². The van der Waals surface area contributed by atoms with Crippen molar-refractivity contribution < 1.29 is 15.0 Å². The number of hydrogen-bond donors (Lipinski definition) is 2. The number of carbonyl (C=O) groups is 1. The van der Waals surface area contributed by atoms with E-state index in [1.165, 1.54) is 23.8 Å². The second-order valence-corrected chi connectivity index (χ2v) is 5.35. The maximum absolute atomic E-state index is 12.1. The zero-order valence-corrected chi connectivity index (χ0v) is 12.5. The molecular weight excluding hydrogens is 252 g/mol. The van der Waals surface area contributed by atoms with Crippen LogP contribution in [0.5, 0.6) is 11.5 Å². The van der Waals surface area contributed by atoms with Crippen molar-refractivity contribution in [1.82, 2.24) is 0 Å². The molecule has 0 saturated heterocycles. The molecule has 3 heteroatoms. The molecule has 0 amide bonds. The Kier molecular flexibility index (Phi) is 5.56. The molecule has 0 aliphatic heterocycles. The maximum Gasteiger partial charge on any atom is 0.193 e. The Morgan fingerprint density at radius 1 is 1.15 bits per heavy atom. The molecular formula is C17H22O3. The summed E-state index contributed by atoms with van der Waals surface area (Å²) in [5, 5.41) is 19.6. The minimum absolute atomic E-state index is 0.0304. The third-order valence-corrected chi connectivity index (χ3v) is 2.96. The number of aryl methyl sites for hydroxylation is 1. The van der Waals surface area contributed by atoms with Crippen LogP contribution in [0.15, 0.2) is 35.4 Å². The van der Waals surface area contributed by atoms with E-state index >= 15 is 0 Å². The fourth-order valence-corrected chi connectivity index (χ4v) is 1.96. The molecule has 108 valence electrons. The molecule has 0 heterocycles. The van der Waals surface area contributed by atoms with Crippen molar-refractivity contribution in [3.05, 3.63) is 46.6 Å². The van der Waals surface area contributed by atoms with E-state index in [1.54, 1.807) is 6.92 Å². The van der Waals surface area contributed by atoms with Gasteiger partial charge in [0.25, 0.3) is 0 Å². The van der Waals surface area contributed by atoms with E-state index in [4.69, 9.17) is 0 Å². The lowest BCUT2D eigenvalue weighted by Gasteiger charge is -2.06. The Labute approximate surface area is 120 Å². The van der Waals surface area contributed by atoms with Gasteiger partial charge in [0.05, 0.1) is 0 Å². The van der Waals surface area contributed by atoms with Crippen molar-refractivity contribution in [2.75, 3.05) is 0 Å². The monoisotopic (exact) mass is 274 g/mol. The molecule has 0 atom stereocenters. The van der Waals surface area contributed by atoms with Crippen LogP contribution >= 0.6 is 0 Å². The van der Waals surface area contributed by atoms with Crippen molar-refractivity contribution >= 4 is 5.78 Å². The van der Waals surface area contributed by atoms with Gasteiger partial charge in [0.15, 0.2) is 5.78 Å². The molecule has 1 rings (SSSR count). The number of phenolic OH excluding ortho intramolecular Hbond substituents is 2. The number of allylic oxidation sites excluding steroid dienone is 4. The van der Waals surface area contributed by atoms with Gasteiger partial charge in [0.2, 0.25) is 0 Å². The van der Waals surface area contributed by atoms with Crippen LogP contribution in [0, 0.1) is 6.92 Å². The molecule has 0 radical (unpaired) electrons. The molecule has 0 saturated carbocycles. The molecule has 1 aromatic rings. The Hall–Kier alpha value is -2.03. The fourth-order valence-electron chi connectivity index (χ4n) is 1.96. The van der Waals surface area contributed by atoms with Crippen LogP contribution in [0.2, 0.25) is 0 Å². The molecule has 3 nitrogen and oxygen atoms in total. The Balaban J connectivity index is 2.88. The van der Waals surface area contributed by atoms with E-state index in [9.17, 15) is 15.0 Å². The number of rotatable bonds is 5. The average Bonchev–Trinajstić information content (AvgIpc) is 2.26. The first kappa shape index (κ1) is 16.0. The Morgan fingerprint density at radius 3 is 2.20 bits per heavy atom. The third kappa shape index (κ3) is 4.57. The van der Waals surface area contributed by atoms with Crippen LogP contribution in [-0.2, 0) is 0 Å². The quantitative estimate of drug-likeness (QED) is 0.478. The van der Waals surface area contributed by atoms with Gasteiger partial charge in [0, 0.05) is 0 Å². The number of ketones is 1. The molecule has 2 N–H and O–H groups in total. The lowest BCUT2D eigenvalue weighted by Crippen LogP contribution is -1.98. The highest BCUT2D eigenvalue weighted by Crippen LogP contribution is 2.29. The summed E-state index contributed by atoms with van der Waals surface area (Å²) in [7, 11) is 0. The Bertz CT molecular complexity index is 539. The lowest BCUT2D eigenvalue weighted by molar-refractivity contribution is 0.104. The van der Waals surface area contributed by atoms with Gasteiger partial charge in [-0.15, -0.1) is 0 Å². The second-order valence-electron chi connectivity index (χ2n) is 5.35. The van der Waals surface area contributed by atoms with Crippen LogP contribution in [0.4, 0.5) is 0 Å². The number of carbonyl (C=O) groups excluding carboxylic acids is 1. The van der Waals surface area contributed by atoms with Crippen LogP contribution in [0.25, 0.3) is 0 Å². The minimum Gasteiger partial charge on any atom is -0.507 e. The van der Waals surface area contributed by atoms with Crippen molar-refractivity contribution in [3.63, 3.8) is 0 Å². The molecule has 0 bridgehead atoms. The van der Waals surface area contributed by atoms with Crippen molar-refractivity contribution in [3.8, 4) is 11.5 Å². The van der Waals surface area contributed by atoms with E-state index in [0.717, 1.165) is 18.4 Å². The molecule has 1 aromatic carbocycles. The van der Waals surface area contributed by atoms with Crippen molar-refractivity contribution in [2.24, 2.45) is 0 Å². The van der Waals surface area contributed by atoms with Crippen molar-refractivity contribution in [2.45, 2.75) is 40.5 Å². The van der Waals surface area contributed by atoms with Gasteiger partial charge in [-0.05, 0) is 64.3 Å². The zero-order chi connectivity index (χ0) is 15.3. The predicted octanol–water partition coefficient (Wildman–Crippen LogP) is 4.28. The summed E-state index contributed by atoms with van der Waals surface area (Å²) in [6, 6.07) is 2.94. The molecule has 0 aromatic heterocycles. The molecule has 20 heavy (non-hydrogen) atoms. The summed E-state index contributed by atoms with van der Waals surface area (Å²) in [5.74, 6) is -0.726. The number of phenols is 2. The summed E-state index contributed by atoms with van der Waals surface area (Å²) < 4.78 is 0. The first-order valence-electron chi connectivity index (χ1n) is 6.68. The largest absolute Gasteiger partial charge is 0.507 e. The molecule has 0 spiro atoms. The predicted molar refractivity (Wildman–Crippen MR) is 81.3 cm³/mol. The highest BCUT2D eigenvalue weighted by Gasteiger charge is 2.15. The zero-order valence-electron chi connectivity index (χ0n) is 12.5. The van der Waals surface area contributed by atoms with Gasteiger partial charge in [-0.2, -0.15) is 0 Å². The standard InChI is InChI=1S/C17H22O3/c1-11(2)6-5-7-12(3)8-14(18)17-15(19)9-13(4)10-16(17)20/h6,8-10,19-20H,5,7H2,1-4H3/b12-8+. The van der Waals surface area contributed by atoms with Crippen LogP contribution in [0.3, 0.4) is 0 Å². The summed E-state index contributed by atoms with van der Waals surface area (Å²) in [5.41, 5.74) is 2.85. The van der Waals surface area contributed by atoms with E-state index in [0.29, 0.717) is 5.56 Å². The number of hydrogen-bond acceptors (Lipinski definition) is 3. The highest BCUT2D eigenvalue weighted by atomic mass is 16.3. The van der Waals surface area contributed by atoms with Gasteiger partial charge >= 0.3 is 0 Å². The van der Waals surface area contributed by atoms with E-state index in [1.807, 2.05) is 20.8 Å². The SMILES string of the molecule is CC(C)=CCC/C(C)=C/C(=O)c1c(O)cc(C)cc1O. The first-order chi connectivity index (χ1) is 9.31. The smallest absolute Gasteiger partial charge is 0.193 e. The molecule has 0 fully saturated rings. The summed E-state index contributed by atoms with van der Waals surface area (Å²) in [6.45, 7) is 7.69. The highest BCUT2D eigenvalue weighted by molar-refractivity contribution is 6.08. The summed E-state index contributed by atoms with van der Waals surface area (Å²) >= 11 is 0. The number of aromatic hydroxyl groups is 2. The third-order valence-electron chi connectivity index (χ3n) is 2.96. The maximum atomic E-state index is 12.1. The van der Waals surface area contributed by atoms with Gasteiger partial charge in [-0.1, -0.05) is 17.2 Å². The van der Waals surface area contributed by atoms with Gasteiger partial charge in [-0.25, -0.2) is 0 Å². The topological polar surface area (TPSA) is 57.5 Å². The van der Waals surface area contributed by atoms with Crippen LogP contribution < -0.4 is 0 Å². The van der Waals surface area contributed by atoms with Gasteiger partial charge in [-0.3, -0.25) is 4.79 Å². The van der Waals surface area contributed by atoms with E-state index in [2.05, 4.69) is 6.08 Å². The van der Waals surface area contributed by atoms with Gasteiger partial charge < -0.3 is 10.2 Å². The van der Waals surface area contributed by atoms with Gasteiger partial charge in [0.1, 0.15) is 17.1 Å². The average molecular weight is 274 g/mol. The summed E-state index contributed by atoms with van der Waals surface area (Å²) in [4.78, 5) is 12.1. The molecule has 0 unspecified atom stereocenters. The summed E-state index contributed by atoms with van der Waals surface area (Å²) in [6.07, 6.45) is 5.25. The van der Waals surface area contributed by atoms with Crippen molar-refractivity contribution in [1.29, 1.82) is 0 Å². The Morgan fingerprint density at radius 2 is 1.70 bits per heavy atom. The molecule has 0 aliphatic carbocycles. The second kappa shape index (κ2) is 6.94. The minimum atomic E-state index is -0.366. The number of benzene rings is 1. The fraction of sp³-hybridized carbons (Fsp3) is 0.353. The van der Waals surface area contributed by atoms with E-state index < -0.39 is 0 Å². The lowest BCUT2D eigenvalue weighted by atomic mass is 10.0. The van der Waals surface area contributed by atoms with Crippen LogP contribution in [0.1, 0.15) is 49.5 Å². The van der Waals surface area contributed by atoms with E-state index in [-0.39, 0.29) is 22.8 Å². The molecule has 0 aliphatic rings.